The van der Waals surface area contributed by atoms with Crippen molar-refractivity contribution in [2.24, 2.45) is 0 Å². The number of halogens is 1. The highest BCUT2D eigenvalue weighted by Gasteiger charge is 2.14. The van der Waals surface area contributed by atoms with Gasteiger partial charge in [-0.25, -0.2) is 0 Å². The summed E-state index contributed by atoms with van der Waals surface area (Å²) >= 11 is 0. The Kier molecular flexibility index (Phi) is 8.30. The van der Waals surface area contributed by atoms with E-state index in [4.69, 9.17) is 4.74 Å². The van der Waals surface area contributed by atoms with Gasteiger partial charge in [-0.05, 0) is 24.1 Å². The number of benzene rings is 2. The van der Waals surface area contributed by atoms with Crippen molar-refractivity contribution >= 4 is 0 Å². The van der Waals surface area contributed by atoms with Crippen molar-refractivity contribution in [3.05, 3.63) is 48.3 Å². The van der Waals surface area contributed by atoms with Gasteiger partial charge in [0.25, 0.3) is 0 Å². The molecule has 0 spiro atoms. The molecule has 0 saturated carbocycles. The molecule has 0 aliphatic rings. The predicted octanol–water partition coefficient (Wildman–Crippen LogP) is 6.72. The van der Waals surface area contributed by atoms with E-state index < -0.39 is 5.82 Å². The molecule has 0 unspecified atom stereocenters. The molecule has 0 radical (unpaired) electrons. The summed E-state index contributed by atoms with van der Waals surface area (Å²) in [5.74, 6) is -0.902. The van der Waals surface area contributed by atoms with Crippen molar-refractivity contribution in [1.29, 1.82) is 0 Å². The number of hydrogen-bond acceptors (Lipinski definition) is 2. The van der Waals surface area contributed by atoms with Crippen molar-refractivity contribution < 1.29 is 14.2 Å². The number of hydrogen-bond donors (Lipinski definition) is 1. The smallest absolute Gasteiger partial charge is 0.207 e. The molecule has 2 aromatic rings. The third-order valence-electron chi connectivity index (χ3n) is 4.42. The summed E-state index contributed by atoms with van der Waals surface area (Å²) in [5, 5.41) is 10.1. The number of phenolic OH excluding ortho intramolecular Hbond substituents is 1. The van der Waals surface area contributed by atoms with Gasteiger partial charge in [0.1, 0.15) is 0 Å². The lowest BCUT2D eigenvalue weighted by atomic mass is 10.0. The Balaban J connectivity index is 1.77. The van der Waals surface area contributed by atoms with Gasteiger partial charge >= 0.3 is 0 Å². The Morgan fingerprint density at radius 1 is 0.840 bits per heavy atom. The van der Waals surface area contributed by atoms with E-state index in [2.05, 4.69) is 6.92 Å². The molecule has 0 bridgehead atoms. The van der Waals surface area contributed by atoms with E-state index in [1.807, 2.05) is 30.3 Å². The fourth-order valence-electron chi connectivity index (χ4n) is 2.93. The van der Waals surface area contributed by atoms with Crippen LogP contribution in [0.1, 0.15) is 58.3 Å². The monoisotopic (exact) mass is 344 g/mol. The normalized spacial score (nSPS) is 10.8. The van der Waals surface area contributed by atoms with Gasteiger partial charge in [-0.2, -0.15) is 4.39 Å². The maximum atomic E-state index is 14.3. The number of unbranched alkanes of at least 4 members (excludes halogenated alkanes) is 7. The molecule has 1 N–H and O–H groups in total. The summed E-state index contributed by atoms with van der Waals surface area (Å²) in [6.07, 6.45) is 9.70. The third-order valence-corrected chi connectivity index (χ3v) is 4.42. The minimum absolute atomic E-state index is 0.125. The van der Waals surface area contributed by atoms with Gasteiger partial charge in [0.15, 0.2) is 11.5 Å². The van der Waals surface area contributed by atoms with Crippen LogP contribution < -0.4 is 4.74 Å². The standard InChI is InChI=1S/C22H29FO2/c1-2-3-4-5-6-7-8-12-17-25-20-16-15-19(22(24)21(20)23)18-13-10-9-11-14-18/h9-11,13-16,24H,2-8,12,17H2,1H3. The van der Waals surface area contributed by atoms with E-state index >= 15 is 0 Å². The van der Waals surface area contributed by atoms with Gasteiger partial charge in [0.05, 0.1) is 6.61 Å². The number of rotatable bonds is 11. The lowest BCUT2D eigenvalue weighted by Crippen LogP contribution is -2.00. The van der Waals surface area contributed by atoms with Crippen LogP contribution in [0.15, 0.2) is 42.5 Å². The van der Waals surface area contributed by atoms with Crippen LogP contribution in [0.3, 0.4) is 0 Å². The first-order valence-electron chi connectivity index (χ1n) is 9.43. The van der Waals surface area contributed by atoms with Crippen molar-refractivity contribution in [3.8, 4) is 22.6 Å². The summed E-state index contributed by atoms with van der Waals surface area (Å²) in [6, 6.07) is 12.6. The average Bonchev–Trinajstić information content (AvgIpc) is 2.64. The molecule has 136 valence electrons. The zero-order valence-electron chi connectivity index (χ0n) is 15.1. The zero-order valence-corrected chi connectivity index (χ0v) is 15.1. The summed E-state index contributed by atoms with van der Waals surface area (Å²) in [7, 11) is 0. The quantitative estimate of drug-likeness (QED) is 0.459. The largest absolute Gasteiger partial charge is 0.504 e. The maximum Gasteiger partial charge on any atom is 0.207 e. The van der Waals surface area contributed by atoms with Crippen molar-refractivity contribution in [1.82, 2.24) is 0 Å². The Labute approximate surface area is 150 Å². The Bertz CT molecular complexity index is 625. The van der Waals surface area contributed by atoms with Crippen molar-refractivity contribution in [2.45, 2.75) is 58.3 Å². The van der Waals surface area contributed by atoms with E-state index in [1.165, 1.54) is 38.5 Å². The van der Waals surface area contributed by atoms with Crippen LogP contribution in [0.25, 0.3) is 11.1 Å². The van der Waals surface area contributed by atoms with Gasteiger partial charge in [-0.1, -0.05) is 82.2 Å². The number of phenols is 1. The number of ether oxygens (including phenoxy) is 1. The fourth-order valence-corrected chi connectivity index (χ4v) is 2.93. The zero-order chi connectivity index (χ0) is 17.9. The summed E-state index contributed by atoms with van der Waals surface area (Å²) in [4.78, 5) is 0. The minimum atomic E-state index is -0.680. The van der Waals surface area contributed by atoms with E-state index in [-0.39, 0.29) is 11.5 Å². The fraction of sp³-hybridized carbons (Fsp3) is 0.455. The average molecular weight is 344 g/mol. The third kappa shape index (κ3) is 6.08. The van der Waals surface area contributed by atoms with Gasteiger partial charge in [0, 0.05) is 5.56 Å². The van der Waals surface area contributed by atoms with Crippen molar-refractivity contribution in [3.63, 3.8) is 0 Å². The Hall–Kier alpha value is -2.03. The van der Waals surface area contributed by atoms with E-state index in [0.717, 1.165) is 18.4 Å². The van der Waals surface area contributed by atoms with Crippen molar-refractivity contribution in [2.75, 3.05) is 6.61 Å². The van der Waals surface area contributed by atoms with Crippen LogP contribution >= 0.6 is 0 Å². The summed E-state index contributed by atoms with van der Waals surface area (Å²) in [5.41, 5.74) is 1.27. The molecule has 3 heteroatoms. The number of aromatic hydroxyl groups is 1. The van der Waals surface area contributed by atoms with E-state index in [1.54, 1.807) is 12.1 Å². The molecule has 2 aromatic carbocycles. The minimum Gasteiger partial charge on any atom is -0.504 e. The van der Waals surface area contributed by atoms with Gasteiger partial charge in [-0.15, -0.1) is 0 Å². The second-order valence-corrected chi connectivity index (χ2v) is 6.46. The molecule has 2 nitrogen and oxygen atoms in total. The first kappa shape index (κ1) is 19.3. The van der Waals surface area contributed by atoms with Gasteiger partial charge in [0.2, 0.25) is 5.82 Å². The Morgan fingerprint density at radius 2 is 1.48 bits per heavy atom. The second kappa shape index (κ2) is 10.8. The summed E-state index contributed by atoms with van der Waals surface area (Å²) < 4.78 is 19.8. The lowest BCUT2D eigenvalue weighted by Gasteiger charge is -2.11. The van der Waals surface area contributed by atoms with Crippen LogP contribution in [0.2, 0.25) is 0 Å². The molecule has 2 rings (SSSR count). The van der Waals surface area contributed by atoms with Crippen LogP contribution in [-0.4, -0.2) is 11.7 Å². The van der Waals surface area contributed by atoms with Crippen LogP contribution in [0, 0.1) is 5.82 Å². The molecule has 0 saturated heterocycles. The molecule has 0 atom stereocenters. The lowest BCUT2D eigenvalue weighted by molar-refractivity contribution is 0.284. The topological polar surface area (TPSA) is 29.5 Å². The molecule has 25 heavy (non-hydrogen) atoms. The highest BCUT2D eigenvalue weighted by Crippen LogP contribution is 2.36. The molecular weight excluding hydrogens is 315 g/mol. The first-order valence-corrected chi connectivity index (χ1v) is 9.43. The maximum absolute atomic E-state index is 14.3. The first-order chi connectivity index (χ1) is 12.2. The van der Waals surface area contributed by atoms with E-state index in [0.29, 0.717) is 12.2 Å². The highest BCUT2D eigenvalue weighted by atomic mass is 19.1. The molecule has 0 aliphatic carbocycles. The van der Waals surface area contributed by atoms with Crippen LogP contribution in [-0.2, 0) is 0 Å². The SMILES string of the molecule is CCCCCCCCCCOc1ccc(-c2ccccc2)c(O)c1F. The van der Waals surface area contributed by atoms with Crippen LogP contribution in [0.5, 0.6) is 11.5 Å². The Morgan fingerprint density at radius 3 is 2.16 bits per heavy atom. The van der Waals surface area contributed by atoms with Gasteiger partial charge < -0.3 is 9.84 Å². The van der Waals surface area contributed by atoms with Gasteiger partial charge in [-0.3, -0.25) is 0 Å². The molecule has 0 fully saturated rings. The molecular formula is C22H29FO2. The predicted molar refractivity (Wildman–Crippen MR) is 102 cm³/mol. The van der Waals surface area contributed by atoms with Crippen LogP contribution in [0.4, 0.5) is 4.39 Å². The molecule has 0 heterocycles. The summed E-state index contributed by atoms with van der Waals surface area (Å²) in [6.45, 7) is 2.71. The highest BCUT2D eigenvalue weighted by molar-refractivity contribution is 5.71. The van der Waals surface area contributed by atoms with E-state index in [9.17, 15) is 9.50 Å². The molecule has 0 aliphatic heterocycles. The molecule has 0 amide bonds. The second-order valence-electron chi connectivity index (χ2n) is 6.46. The molecule has 0 aromatic heterocycles.